The number of morpholine rings is 1. The van der Waals surface area contributed by atoms with Crippen LogP contribution in [0.1, 0.15) is 6.42 Å². The molecule has 2 aromatic carbocycles. The quantitative estimate of drug-likeness (QED) is 0.473. The van der Waals surface area contributed by atoms with Crippen LogP contribution in [0.15, 0.2) is 48.5 Å². The van der Waals surface area contributed by atoms with E-state index in [4.69, 9.17) is 21.1 Å². The Kier molecular flexibility index (Phi) is 8.92. The summed E-state index contributed by atoms with van der Waals surface area (Å²) in [6.07, 6.45) is 0.848. The number of rotatable bonds is 8. The van der Waals surface area contributed by atoms with E-state index in [0.29, 0.717) is 22.4 Å². The van der Waals surface area contributed by atoms with Crippen molar-refractivity contribution in [1.29, 1.82) is 0 Å². The van der Waals surface area contributed by atoms with Crippen LogP contribution in [0.2, 0.25) is 5.02 Å². The lowest BCUT2D eigenvalue weighted by molar-refractivity contribution is -0.120. The van der Waals surface area contributed by atoms with Gasteiger partial charge in [0.1, 0.15) is 11.3 Å². The molecule has 1 aromatic heterocycles. The summed E-state index contributed by atoms with van der Waals surface area (Å²) in [7, 11) is 0. The minimum atomic E-state index is -0.115. The number of hydrogen-bond donors (Lipinski definition) is 0. The normalized spacial score (nSPS) is 14.2. The summed E-state index contributed by atoms with van der Waals surface area (Å²) in [5.74, 6) is 0.558. The molecule has 1 aliphatic heterocycles. The molecule has 0 radical (unpaired) electrons. The Morgan fingerprint density at radius 2 is 1.94 bits per heavy atom. The predicted octanol–water partition coefficient (Wildman–Crippen LogP) is 4.51. The van der Waals surface area contributed by atoms with Gasteiger partial charge in [0.05, 0.1) is 22.9 Å². The number of thiazole rings is 1. The first-order valence-corrected chi connectivity index (χ1v) is 11.2. The molecule has 6 nitrogen and oxygen atoms in total. The summed E-state index contributed by atoms with van der Waals surface area (Å²) in [6.45, 7) is 4.85. The van der Waals surface area contributed by atoms with Crippen molar-refractivity contribution < 1.29 is 14.3 Å². The van der Waals surface area contributed by atoms with Crippen LogP contribution in [0.3, 0.4) is 0 Å². The zero-order valence-corrected chi connectivity index (χ0v) is 19.4. The molecule has 3 aromatic rings. The first kappa shape index (κ1) is 23.8. The van der Waals surface area contributed by atoms with Gasteiger partial charge in [0.25, 0.3) is 5.91 Å². The second-order valence-corrected chi connectivity index (χ2v) is 8.45. The van der Waals surface area contributed by atoms with Crippen molar-refractivity contribution in [3.63, 3.8) is 0 Å². The van der Waals surface area contributed by atoms with Gasteiger partial charge in [-0.3, -0.25) is 14.6 Å². The maximum atomic E-state index is 13.1. The highest BCUT2D eigenvalue weighted by Gasteiger charge is 2.21. The lowest BCUT2D eigenvalue weighted by Gasteiger charge is -2.27. The molecular weight excluding hydrogens is 457 g/mol. The fourth-order valence-electron chi connectivity index (χ4n) is 3.36. The number of amides is 1. The Morgan fingerprint density at radius 1 is 1.16 bits per heavy atom. The summed E-state index contributed by atoms with van der Waals surface area (Å²) >= 11 is 7.78. The third-order valence-electron chi connectivity index (χ3n) is 4.96. The fourth-order valence-corrected chi connectivity index (χ4v) is 4.67. The summed E-state index contributed by atoms with van der Waals surface area (Å²) in [5.41, 5.74) is 0.731. The van der Waals surface area contributed by atoms with Crippen LogP contribution in [0, 0.1) is 0 Å². The van der Waals surface area contributed by atoms with Gasteiger partial charge in [-0.15, -0.1) is 12.4 Å². The van der Waals surface area contributed by atoms with E-state index in [-0.39, 0.29) is 24.9 Å². The number of hydrogen-bond acceptors (Lipinski definition) is 6. The summed E-state index contributed by atoms with van der Waals surface area (Å²) < 4.78 is 12.1. The zero-order chi connectivity index (χ0) is 20.8. The number of para-hydroxylation sites is 2. The number of benzene rings is 2. The molecule has 1 aliphatic rings. The van der Waals surface area contributed by atoms with Crippen LogP contribution in [-0.4, -0.2) is 61.8 Å². The smallest absolute Gasteiger partial charge is 0.266 e. The minimum Gasteiger partial charge on any atom is -0.484 e. The molecular formula is C22H25Cl2N3O3S. The molecule has 4 rings (SSSR count). The molecule has 0 bridgehead atoms. The number of carbonyl (C=O) groups is 1. The topological polar surface area (TPSA) is 54.9 Å². The van der Waals surface area contributed by atoms with E-state index in [1.54, 1.807) is 4.90 Å². The van der Waals surface area contributed by atoms with E-state index in [0.717, 1.165) is 49.5 Å². The van der Waals surface area contributed by atoms with Crippen LogP contribution in [0.25, 0.3) is 10.2 Å². The van der Waals surface area contributed by atoms with Crippen molar-refractivity contribution in [3.8, 4) is 5.75 Å². The van der Waals surface area contributed by atoms with Gasteiger partial charge in [-0.1, -0.05) is 47.2 Å². The predicted molar refractivity (Wildman–Crippen MR) is 128 cm³/mol. The molecule has 1 fully saturated rings. The van der Waals surface area contributed by atoms with Gasteiger partial charge in [0.2, 0.25) is 0 Å². The molecule has 31 heavy (non-hydrogen) atoms. The van der Waals surface area contributed by atoms with Crippen LogP contribution in [0.4, 0.5) is 5.13 Å². The van der Waals surface area contributed by atoms with E-state index in [9.17, 15) is 4.79 Å². The molecule has 0 atom stereocenters. The Labute approximate surface area is 197 Å². The number of aromatic nitrogens is 1. The molecule has 166 valence electrons. The number of halogens is 2. The highest BCUT2D eigenvalue weighted by Crippen LogP contribution is 2.33. The molecule has 0 aliphatic carbocycles. The van der Waals surface area contributed by atoms with Crippen LogP contribution < -0.4 is 9.64 Å². The van der Waals surface area contributed by atoms with Crippen molar-refractivity contribution in [2.45, 2.75) is 6.42 Å². The molecule has 0 unspecified atom stereocenters. The minimum absolute atomic E-state index is 0. The number of anilines is 1. The van der Waals surface area contributed by atoms with E-state index in [1.807, 2.05) is 48.5 Å². The molecule has 1 saturated heterocycles. The molecule has 1 amide bonds. The standard InChI is InChI=1S/C22H24ClN3O3S.ClH/c23-18-8-4-9-19-21(18)24-22(30-19)26(11-5-10-25-12-14-28-15-13-25)20(27)16-29-17-6-2-1-3-7-17;/h1-4,6-9H,5,10-16H2;1H. The third kappa shape index (κ3) is 6.30. The van der Waals surface area contributed by atoms with Gasteiger partial charge in [-0.25, -0.2) is 4.98 Å². The second kappa shape index (κ2) is 11.6. The number of carbonyl (C=O) groups excluding carboxylic acids is 1. The van der Waals surface area contributed by atoms with E-state index < -0.39 is 0 Å². The Hall–Kier alpha value is -1.90. The Bertz CT molecular complexity index is 981. The lowest BCUT2D eigenvalue weighted by atomic mass is 10.3. The maximum absolute atomic E-state index is 13.1. The Morgan fingerprint density at radius 3 is 2.68 bits per heavy atom. The van der Waals surface area contributed by atoms with E-state index >= 15 is 0 Å². The molecule has 0 saturated carbocycles. The fraction of sp³-hybridized carbons (Fsp3) is 0.364. The van der Waals surface area contributed by atoms with Crippen molar-refractivity contribution in [3.05, 3.63) is 53.6 Å². The van der Waals surface area contributed by atoms with Crippen molar-refractivity contribution in [2.75, 3.05) is 50.9 Å². The van der Waals surface area contributed by atoms with Gasteiger partial charge in [-0.2, -0.15) is 0 Å². The van der Waals surface area contributed by atoms with Gasteiger partial charge in [-0.05, 0) is 30.7 Å². The third-order valence-corrected chi connectivity index (χ3v) is 6.30. The highest BCUT2D eigenvalue weighted by molar-refractivity contribution is 7.22. The maximum Gasteiger partial charge on any atom is 0.266 e. The van der Waals surface area contributed by atoms with Gasteiger partial charge >= 0.3 is 0 Å². The van der Waals surface area contributed by atoms with Crippen molar-refractivity contribution in [1.82, 2.24) is 9.88 Å². The van der Waals surface area contributed by atoms with Crippen LogP contribution in [0.5, 0.6) is 5.75 Å². The summed E-state index contributed by atoms with van der Waals surface area (Å²) in [4.78, 5) is 21.8. The molecule has 2 heterocycles. The summed E-state index contributed by atoms with van der Waals surface area (Å²) in [6, 6.07) is 15.1. The molecule has 0 N–H and O–H groups in total. The van der Waals surface area contributed by atoms with Crippen molar-refractivity contribution >= 4 is 56.6 Å². The Balaban J connectivity index is 0.00000272. The first-order chi connectivity index (χ1) is 14.7. The van der Waals surface area contributed by atoms with E-state index in [1.165, 1.54) is 11.3 Å². The largest absolute Gasteiger partial charge is 0.484 e. The number of ether oxygens (including phenoxy) is 2. The van der Waals surface area contributed by atoms with E-state index in [2.05, 4.69) is 9.88 Å². The second-order valence-electron chi connectivity index (χ2n) is 7.04. The van der Waals surface area contributed by atoms with Gasteiger partial charge in [0.15, 0.2) is 11.7 Å². The molecule has 0 spiro atoms. The molecule has 9 heteroatoms. The van der Waals surface area contributed by atoms with Crippen molar-refractivity contribution in [2.24, 2.45) is 0 Å². The van der Waals surface area contributed by atoms with Gasteiger partial charge < -0.3 is 9.47 Å². The van der Waals surface area contributed by atoms with Crippen LogP contribution in [-0.2, 0) is 9.53 Å². The number of nitrogens with zero attached hydrogens (tertiary/aromatic N) is 3. The SMILES string of the molecule is Cl.O=C(COc1ccccc1)N(CCCN1CCOCC1)c1nc2c(Cl)cccc2s1. The number of fused-ring (bicyclic) bond motifs is 1. The first-order valence-electron chi connectivity index (χ1n) is 10.0. The summed E-state index contributed by atoms with van der Waals surface area (Å²) in [5, 5.41) is 1.25. The monoisotopic (exact) mass is 481 g/mol. The highest BCUT2D eigenvalue weighted by atomic mass is 35.5. The van der Waals surface area contributed by atoms with Gasteiger partial charge in [0, 0.05) is 26.2 Å². The van der Waals surface area contributed by atoms with Crippen LogP contribution >= 0.6 is 35.3 Å². The zero-order valence-electron chi connectivity index (χ0n) is 17.0. The average Bonchev–Trinajstić information content (AvgIpc) is 3.22. The average molecular weight is 482 g/mol. The lowest BCUT2D eigenvalue weighted by Crippen LogP contribution is -2.40.